The monoisotopic (exact) mass is 291 g/mol. The van der Waals surface area contributed by atoms with Gasteiger partial charge in [0, 0.05) is 12.5 Å². The quantitative estimate of drug-likeness (QED) is 0.652. The van der Waals surface area contributed by atoms with Crippen molar-refractivity contribution in [1.82, 2.24) is 14.9 Å². The van der Waals surface area contributed by atoms with Crippen molar-refractivity contribution in [3.05, 3.63) is 23.0 Å². The molecular formula is C13H13N3O3S. The first-order chi connectivity index (χ1) is 9.60. The van der Waals surface area contributed by atoms with Crippen molar-refractivity contribution in [3.63, 3.8) is 0 Å². The highest BCUT2D eigenvalue weighted by Gasteiger charge is 2.29. The molecule has 1 atom stereocenters. The minimum absolute atomic E-state index is 0.237. The summed E-state index contributed by atoms with van der Waals surface area (Å²) in [6.07, 6.45) is 0.777. The van der Waals surface area contributed by atoms with Crippen LogP contribution in [0.25, 0.3) is 11.0 Å². The third-order valence-electron chi connectivity index (χ3n) is 3.45. The summed E-state index contributed by atoms with van der Waals surface area (Å²) in [6, 6.07) is 5.03. The summed E-state index contributed by atoms with van der Waals surface area (Å²) in [5, 5.41) is 2.35. The van der Waals surface area contributed by atoms with E-state index in [0.29, 0.717) is 23.4 Å². The Labute approximate surface area is 119 Å². The van der Waals surface area contributed by atoms with Crippen molar-refractivity contribution in [1.29, 1.82) is 0 Å². The molecule has 1 fully saturated rings. The van der Waals surface area contributed by atoms with Gasteiger partial charge in [-0.15, -0.1) is 0 Å². The Kier molecular flexibility index (Phi) is 3.06. The molecule has 2 N–H and O–H groups in total. The number of aromatic nitrogens is 2. The number of amides is 2. The number of hydrogen-bond donors (Lipinski definition) is 2. The molecule has 3 rings (SSSR count). The second-order valence-electron chi connectivity index (χ2n) is 4.65. The van der Waals surface area contributed by atoms with E-state index >= 15 is 0 Å². The van der Waals surface area contributed by atoms with Crippen LogP contribution in [0.3, 0.4) is 0 Å². The van der Waals surface area contributed by atoms with Gasteiger partial charge in [0.1, 0.15) is 11.8 Å². The number of ether oxygens (including phenoxy) is 1. The van der Waals surface area contributed by atoms with Crippen LogP contribution >= 0.6 is 12.2 Å². The number of H-pyrrole nitrogens is 1. The van der Waals surface area contributed by atoms with Gasteiger partial charge in [-0.1, -0.05) is 0 Å². The molecular weight excluding hydrogens is 278 g/mol. The van der Waals surface area contributed by atoms with Gasteiger partial charge >= 0.3 is 0 Å². The Bertz CT molecular complexity index is 762. The average molecular weight is 291 g/mol. The maximum atomic E-state index is 12.0. The summed E-state index contributed by atoms with van der Waals surface area (Å²) in [6.45, 7) is 0. The van der Waals surface area contributed by atoms with Crippen molar-refractivity contribution in [2.24, 2.45) is 0 Å². The Hall–Kier alpha value is -2.15. The van der Waals surface area contributed by atoms with Gasteiger partial charge in [-0.05, 0) is 30.8 Å². The summed E-state index contributed by atoms with van der Waals surface area (Å²) in [5.41, 5.74) is 1.63. The summed E-state index contributed by atoms with van der Waals surface area (Å²) < 4.78 is 7.38. The molecule has 1 unspecified atom stereocenters. The van der Waals surface area contributed by atoms with Gasteiger partial charge in [0.15, 0.2) is 4.77 Å². The Morgan fingerprint density at radius 3 is 2.90 bits per heavy atom. The molecule has 1 aliphatic rings. The smallest absolute Gasteiger partial charge is 0.249 e. The first-order valence-electron chi connectivity index (χ1n) is 6.22. The number of methoxy groups -OCH3 is 1. The summed E-state index contributed by atoms with van der Waals surface area (Å²) in [4.78, 5) is 26.3. The Morgan fingerprint density at radius 2 is 2.20 bits per heavy atom. The zero-order valence-electron chi connectivity index (χ0n) is 10.8. The van der Waals surface area contributed by atoms with Crippen molar-refractivity contribution in [3.8, 4) is 5.75 Å². The molecule has 2 heterocycles. The van der Waals surface area contributed by atoms with E-state index in [1.165, 1.54) is 0 Å². The number of imide groups is 1. The minimum Gasteiger partial charge on any atom is -0.497 e. The fraction of sp³-hybridized carbons (Fsp3) is 0.308. The molecule has 1 saturated heterocycles. The van der Waals surface area contributed by atoms with Crippen LogP contribution in [-0.2, 0) is 9.59 Å². The van der Waals surface area contributed by atoms with Crippen LogP contribution in [0.15, 0.2) is 18.2 Å². The Morgan fingerprint density at radius 1 is 1.40 bits per heavy atom. The number of carbonyl (C=O) groups excluding carboxylic acids is 2. The molecule has 0 saturated carbocycles. The summed E-state index contributed by atoms with van der Waals surface area (Å²) >= 11 is 5.30. The number of hydrogen-bond acceptors (Lipinski definition) is 4. The standard InChI is InChI=1S/C13H13N3O3S/c1-19-7-2-3-9-8(6-7)14-13(20)16(9)10-4-5-11(17)15-12(10)18/h2-3,6,10H,4-5H2,1H3,(H,14,20)(H,15,17,18). The van der Waals surface area contributed by atoms with E-state index in [9.17, 15) is 9.59 Å². The van der Waals surface area contributed by atoms with Crippen LogP contribution in [0.2, 0.25) is 0 Å². The van der Waals surface area contributed by atoms with Crippen LogP contribution in [0.4, 0.5) is 0 Å². The number of carbonyl (C=O) groups is 2. The second-order valence-corrected chi connectivity index (χ2v) is 5.04. The second kappa shape index (κ2) is 4.75. The van der Waals surface area contributed by atoms with Crippen molar-refractivity contribution >= 4 is 35.1 Å². The number of fused-ring (bicyclic) bond motifs is 1. The predicted molar refractivity (Wildman–Crippen MR) is 75.1 cm³/mol. The van der Waals surface area contributed by atoms with Crippen LogP contribution in [0.1, 0.15) is 18.9 Å². The topological polar surface area (TPSA) is 76.1 Å². The lowest BCUT2D eigenvalue weighted by molar-refractivity contribution is -0.135. The van der Waals surface area contributed by atoms with Crippen LogP contribution < -0.4 is 10.1 Å². The van der Waals surface area contributed by atoms with Crippen molar-refractivity contribution in [2.45, 2.75) is 18.9 Å². The molecule has 0 aliphatic carbocycles. The normalized spacial score (nSPS) is 19.1. The van der Waals surface area contributed by atoms with E-state index in [2.05, 4.69) is 10.3 Å². The van der Waals surface area contributed by atoms with E-state index in [0.717, 1.165) is 11.0 Å². The molecule has 7 heteroatoms. The third kappa shape index (κ3) is 2.00. The molecule has 0 bridgehead atoms. The number of aromatic amines is 1. The largest absolute Gasteiger partial charge is 0.497 e. The molecule has 2 aromatic rings. The highest BCUT2D eigenvalue weighted by molar-refractivity contribution is 7.71. The molecule has 2 amide bonds. The lowest BCUT2D eigenvalue weighted by Gasteiger charge is -2.22. The minimum atomic E-state index is -0.456. The van der Waals surface area contributed by atoms with Crippen LogP contribution in [0.5, 0.6) is 5.75 Å². The number of nitrogens with one attached hydrogen (secondary N) is 2. The van der Waals surface area contributed by atoms with Crippen LogP contribution in [-0.4, -0.2) is 28.5 Å². The molecule has 20 heavy (non-hydrogen) atoms. The van der Waals surface area contributed by atoms with Gasteiger partial charge in [-0.2, -0.15) is 0 Å². The lowest BCUT2D eigenvalue weighted by atomic mass is 10.1. The van der Waals surface area contributed by atoms with E-state index in [1.807, 2.05) is 18.2 Å². The average Bonchev–Trinajstić information content (AvgIpc) is 2.74. The van der Waals surface area contributed by atoms with E-state index in [4.69, 9.17) is 17.0 Å². The summed E-state index contributed by atoms with van der Waals surface area (Å²) in [7, 11) is 1.59. The van der Waals surface area contributed by atoms with Gasteiger partial charge in [0.25, 0.3) is 0 Å². The van der Waals surface area contributed by atoms with Gasteiger partial charge in [-0.25, -0.2) is 0 Å². The molecule has 104 valence electrons. The van der Waals surface area contributed by atoms with E-state index < -0.39 is 6.04 Å². The van der Waals surface area contributed by atoms with Crippen molar-refractivity contribution in [2.75, 3.05) is 7.11 Å². The zero-order valence-corrected chi connectivity index (χ0v) is 11.6. The molecule has 6 nitrogen and oxygen atoms in total. The number of benzene rings is 1. The lowest BCUT2D eigenvalue weighted by Crippen LogP contribution is -2.41. The van der Waals surface area contributed by atoms with Gasteiger partial charge in [0.05, 0.1) is 18.1 Å². The maximum absolute atomic E-state index is 12.0. The predicted octanol–water partition coefficient (Wildman–Crippen LogP) is 1.69. The fourth-order valence-corrected chi connectivity index (χ4v) is 2.81. The maximum Gasteiger partial charge on any atom is 0.249 e. The van der Waals surface area contributed by atoms with E-state index in [-0.39, 0.29) is 11.8 Å². The molecule has 1 aliphatic heterocycles. The zero-order chi connectivity index (χ0) is 14.3. The van der Waals surface area contributed by atoms with Gasteiger partial charge < -0.3 is 14.3 Å². The summed E-state index contributed by atoms with van der Waals surface area (Å²) in [5.74, 6) is 0.164. The Balaban J connectivity index is 2.12. The van der Waals surface area contributed by atoms with E-state index in [1.54, 1.807) is 11.7 Å². The number of nitrogens with zero attached hydrogens (tertiary/aromatic N) is 1. The highest BCUT2D eigenvalue weighted by atomic mass is 32.1. The molecule has 0 radical (unpaired) electrons. The van der Waals surface area contributed by atoms with Gasteiger partial charge in [0.2, 0.25) is 11.8 Å². The highest BCUT2D eigenvalue weighted by Crippen LogP contribution is 2.27. The first-order valence-corrected chi connectivity index (χ1v) is 6.63. The fourth-order valence-electron chi connectivity index (χ4n) is 2.48. The number of rotatable bonds is 2. The molecule has 1 aromatic heterocycles. The molecule has 1 aromatic carbocycles. The van der Waals surface area contributed by atoms with Crippen LogP contribution in [0, 0.1) is 4.77 Å². The number of piperidine rings is 1. The SMILES string of the molecule is COc1ccc2c(c1)[nH]c(=S)n2C1CCC(=O)NC1=O. The number of imidazole rings is 1. The molecule has 0 spiro atoms. The van der Waals surface area contributed by atoms with Gasteiger partial charge in [-0.3, -0.25) is 14.9 Å². The third-order valence-corrected chi connectivity index (χ3v) is 3.74. The van der Waals surface area contributed by atoms with Crippen molar-refractivity contribution < 1.29 is 14.3 Å². The first kappa shape index (κ1) is 12.9.